The third-order valence-corrected chi connectivity index (χ3v) is 6.71. The van der Waals surface area contributed by atoms with Crippen LogP contribution in [0.3, 0.4) is 0 Å². The topological polar surface area (TPSA) is 36.5 Å². The Kier molecular flexibility index (Phi) is 5.48. The number of alkyl halides is 6. The van der Waals surface area contributed by atoms with E-state index in [4.69, 9.17) is 4.74 Å². The first kappa shape index (κ1) is 22.3. The highest BCUT2D eigenvalue weighted by Crippen LogP contribution is 2.47. The molecule has 2 N–H and O–H groups in total. The van der Waals surface area contributed by atoms with Crippen LogP contribution < -0.4 is 15.5 Å². The fraction of sp³-hybridized carbons (Fsp3) is 0.478. The largest absolute Gasteiger partial charge is 0.416 e. The van der Waals surface area contributed by atoms with Gasteiger partial charge in [0.05, 0.1) is 24.3 Å². The molecule has 0 aromatic heterocycles. The summed E-state index contributed by atoms with van der Waals surface area (Å²) in [6, 6.07) is 5.96. The molecule has 2 aromatic carbocycles. The first-order valence-electron chi connectivity index (χ1n) is 10.9. The Hall–Kier alpha value is -2.46. The van der Waals surface area contributed by atoms with E-state index in [1.165, 1.54) is 0 Å². The van der Waals surface area contributed by atoms with Crippen molar-refractivity contribution < 1.29 is 31.1 Å². The Morgan fingerprint density at radius 2 is 1.88 bits per heavy atom. The van der Waals surface area contributed by atoms with Crippen molar-refractivity contribution in [1.82, 2.24) is 5.32 Å². The molecule has 0 saturated carbocycles. The lowest BCUT2D eigenvalue weighted by Crippen LogP contribution is -2.44. The molecule has 2 aromatic rings. The Morgan fingerprint density at radius 1 is 1.06 bits per heavy atom. The van der Waals surface area contributed by atoms with Gasteiger partial charge in [0, 0.05) is 48.5 Å². The van der Waals surface area contributed by atoms with E-state index in [1.807, 2.05) is 12.1 Å². The van der Waals surface area contributed by atoms with Gasteiger partial charge in [-0.15, -0.1) is 0 Å². The van der Waals surface area contributed by atoms with Crippen LogP contribution in [0.25, 0.3) is 0 Å². The summed E-state index contributed by atoms with van der Waals surface area (Å²) in [4.78, 5) is 2.39. The van der Waals surface area contributed by atoms with Gasteiger partial charge in [-0.25, -0.2) is 0 Å². The third-order valence-electron chi connectivity index (χ3n) is 6.71. The molecule has 4 nitrogen and oxygen atoms in total. The number of benzene rings is 2. The molecule has 0 spiro atoms. The highest BCUT2D eigenvalue weighted by molar-refractivity contribution is 5.72. The maximum absolute atomic E-state index is 13.5. The Morgan fingerprint density at radius 3 is 2.64 bits per heavy atom. The number of anilines is 2. The summed E-state index contributed by atoms with van der Waals surface area (Å²) in [5.74, 6) is 0.282. The van der Waals surface area contributed by atoms with Gasteiger partial charge in [-0.05, 0) is 48.4 Å². The second kappa shape index (κ2) is 8.09. The van der Waals surface area contributed by atoms with Gasteiger partial charge in [0.1, 0.15) is 0 Å². The van der Waals surface area contributed by atoms with E-state index < -0.39 is 23.5 Å². The molecule has 1 fully saturated rings. The van der Waals surface area contributed by atoms with Crippen LogP contribution in [0, 0.1) is 0 Å². The lowest BCUT2D eigenvalue weighted by molar-refractivity contribution is -0.143. The van der Waals surface area contributed by atoms with Crippen molar-refractivity contribution in [2.24, 2.45) is 0 Å². The number of fused-ring (bicyclic) bond motifs is 3. The number of halogens is 6. The van der Waals surface area contributed by atoms with Crippen molar-refractivity contribution in [2.75, 3.05) is 36.5 Å². The predicted molar refractivity (Wildman–Crippen MR) is 111 cm³/mol. The summed E-state index contributed by atoms with van der Waals surface area (Å²) in [7, 11) is 0. The normalized spacial score (nSPS) is 22.5. The van der Waals surface area contributed by atoms with E-state index >= 15 is 0 Å². The van der Waals surface area contributed by atoms with E-state index in [-0.39, 0.29) is 24.1 Å². The Bertz CT molecular complexity index is 1050. The molecule has 0 radical (unpaired) electrons. The molecule has 5 rings (SSSR count). The molecule has 178 valence electrons. The van der Waals surface area contributed by atoms with Crippen LogP contribution in [-0.4, -0.2) is 32.3 Å². The summed E-state index contributed by atoms with van der Waals surface area (Å²) >= 11 is 0. The average molecular weight is 471 g/mol. The standard InChI is InChI=1S/C23H23F6N3O/c24-22(25,26)15-2-1-13(19(8-15)23(27,28)29)10-31-16-7-14-12-33-6-5-32-20-3-4-30-11-18(20)17(9-16)21(14)32/h1-2,7-9,18,20,30-31H,3-6,10-12H2. The predicted octanol–water partition coefficient (Wildman–Crippen LogP) is 5.13. The molecule has 3 aliphatic rings. The van der Waals surface area contributed by atoms with E-state index in [1.54, 1.807) is 0 Å². The first-order chi connectivity index (χ1) is 15.6. The van der Waals surface area contributed by atoms with E-state index in [2.05, 4.69) is 15.5 Å². The molecule has 3 aliphatic heterocycles. The zero-order chi connectivity index (χ0) is 23.4. The fourth-order valence-electron chi connectivity index (χ4n) is 5.26. The number of nitrogens with zero attached hydrogens (tertiary/aromatic N) is 1. The summed E-state index contributed by atoms with van der Waals surface area (Å²) in [6.45, 7) is 3.33. The smallest absolute Gasteiger partial charge is 0.381 e. The Labute approximate surface area is 186 Å². The summed E-state index contributed by atoms with van der Waals surface area (Å²) in [5, 5.41) is 6.44. The van der Waals surface area contributed by atoms with Crippen LogP contribution in [0.15, 0.2) is 30.3 Å². The number of hydrogen-bond acceptors (Lipinski definition) is 4. The zero-order valence-electron chi connectivity index (χ0n) is 17.6. The van der Waals surface area contributed by atoms with Gasteiger partial charge < -0.3 is 20.3 Å². The average Bonchev–Trinajstić information content (AvgIpc) is 2.92. The molecule has 0 bridgehead atoms. The van der Waals surface area contributed by atoms with Gasteiger partial charge in [0.2, 0.25) is 0 Å². The number of rotatable bonds is 3. The highest BCUT2D eigenvalue weighted by atomic mass is 19.4. The van der Waals surface area contributed by atoms with E-state index in [0.29, 0.717) is 31.0 Å². The van der Waals surface area contributed by atoms with Crippen LogP contribution >= 0.6 is 0 Å². The minimum atomic E-state index is -4.89. The minimum Gasteiger partial charge on any atom is -0.381 e. The lowest BCUT2D eigenvalue weighted by Gasteiger charge is -2.33. The van der Waals surface area contributed by atoms with Gasteiger partial charge in [-0.1, -0.05) is 6.07 Å². The van der Waals surface area contributed by atoms with Crippen molar-refractivity contribution in [1.29, 1.82) is 0 Å². The number of nitrogens with one attached hydrogen (secondary N) is 2. The fourth-order valence-corrected chi connectivity index (χ4v) is 5.26. The maximum Gasteiger partial charge on any atom is 0.416 e. The molecule has 33 heavy (non-hydrogen) atoms. The second-order valence-electron chi connectivity index (χ2n) is 8.71. The summed E-state index contributed by atoms with van der Waals surface area (Å²) in [5.41, 5.74) is 1.07. The molecule has 0 aliphatic carbocycles. The van der Waals surface area contributed by atoms with Crippen molar-refractivity contribution in [2.45, 2.75) is 43.9 Å². The monoisotopic (exact) mass is 471 g/mol. The van der Waals surface area contributed by atoms with Gasteiger partial charge in [0.25, 0.3) is 0 Å². The molecule has 10 heteroatoms. The van der Waals surface area contributed by atoms with Crippen molar-refractivity contribution >= 4 is 11.4 Å². The molecule has 0 amide bonds. The minimum absolute atomic E-state index is 0.178. The van der Waals surface area contributed by atoms with Gasteiger partial charge in [0.15, 0.2) is 0 Å². The molecule has 3 heterocycles. The number of hydrogen-bond donors (Lipinski definition) is 2. The number of piperidine rings is 1. The van der Waals surface area contributed by atoms with Crippen LogP contribution in [0.2, 0.25) is 0 Å². The van der Waals surface area contributed by atoms with Gasteiger partial charge in [-0.2, -0.15) is 26.3 Å². The lowest BCUT2D eigenvalue weighted by atomic mass is 9.89. The number of ether oxygens (including phenoxy) is 1. The second-order valence-corrected chi connectivity index (χ2v) is 8.71. The molecule has 2 atom stereocenters. The molecule has 1 saturated heterocycles. The maximum atomic E-state index is 13.5. The van der Waals surface area contributed by atoms with E-state index in [9.17, 15) is 26.3 Å². The van der Waals surface area contributed by atoms with Gasteiger partial charge >= 0.3 is 12.4 Å². The SMILES string of the molecule is FC(F)(F)c1ccc(CNc2cc3c4c(c2)C2CNCCC2N4CCOC3)c(C(F)(F)F)c1. The molecule has 2 unspecified atom stereocenters. The summed E-state index contributed by atoms with van der Waals surface area (Å²) < 4.78 is 85.1. The molecular formula is C23H23F6N3O. The zero-order valence-corrected chi connectivity index (χ0v) is 17.6. The van der Waals surface area contributed by atoms with Gasteiger partial charge in [-0.3, -0.25) is 0 Å². The summed E-state index contributed by atoms with van der Waals surface area (Å²) in [6.07, 6.45) is -8.74. The third kappa shape index (κ3) is 4.14. The quantitative estimate of drug-likeness (QED) is 0.609. The van der Waals surface area contributed by atoms with Crippen LogP contribution in [-0.2, 0) is 30.2 Å². The van der Waals surface area contributed by atoms with Crippen molar-refractivity contribution in [3.63, 3.8) is 0 Å². The van der Waals surface area contributed by atoms with Crippen molar-refractivity contribution in [3.8, 4) is 0 Å². The van der Waals surface area contributed by atoms with Crippen LogP contribution in [0.4, 0.5) is 37.7 Å². The van der Waals surface area contributed by atoms with Crippen molar-refractivity contribution in [3.05, 3.63) is 58.1 Å². The van der Waals surface area contributed by atoms with Crippen LogP contribution in [0.1, 0.15) is 40.2 Å². The highest BCUT2D eigenvalue weighted by Gasteiger charge is 2.42. The van der Waals surface area contributed by atoms with E-state index in [0.717, 1.165) is 48.9 Å². The Balaban J connectivity index is 1.46. The van der Waals surface area contributed by atoms with Crippen LogP contribution in [0.5, 0.6) is 0 Å². The molecular weight excluding hydrogens is 448 g/mol. The first-order valence-corrected chi connectivity index (χ1v) is 10.9.